The number of alkyl halides is 3. The first-order valence-electron chi connectivity index (χ1n) is 26.0. The molecule has 0 spiro atoms. The molecule has 2 aromatic carbocycles. The summed E-state index contributed by atoms with van der Waals surface area (Å²) < 4.78 is 48.1. The third kappa shape index (κ3) is 15.3. The number of halogens is 5. The van der Waals surface area contributed by atoms with E-state index in [1.165, 1.54) is 45.4 Å². The number of carboxylic acids is 1. The summed E-state index contributed by atoms with van der Waals surface area (Å²) in [5.41, 5.74) is 9.06. The number of Topliss-reactive ketones (excluding diaryl/α,β-unsaturated/α-hetero) is 2. The van der Waals surface area contributed by atoms with Crippen molar-refractivity contribution in [3.63, 3.8) is 0 Å². The van der Waals surface area contributed by atoms with E-state index in [0.717, 1.165) is 0 Å². The van der Waals surface area contributed by atoms with Crippen LogP contribution in [-0.4, -0.2) is 156 Å². The number of benzene rings is 2. The molecule has 0 unspecified atom stereocenters. The summed E-state index contributed by atoms with van der Waals surface area (Å²) in [5, 5.41) is 23.9. The molecular weight excluding hydrogens is 1240 g/mol. The SMILES string of the molecule is C.CC(=O)c1nn(CC(=O)N2C[C@H](F)C[C@H]2C(=O)Nc2cccc(Br)n2)c2ccc(-c3cnc(CC(=O)O)nc3)cc12.CC(=O)c1nn(CC(=O)N2C[C@H](F)C[C@H]2C(=O)Nc2cccc(Br)n2)c2ccc(-c3cnc(CC(N)=O)nc3)cc12.[2H]CF. The Morgan fingerprint density at radius 1 is 0.635 bits per heavy atom. The lowest BCUT2D eigenvalue weighted by molar-refractivity contribution is -0.137. The van der Waals surface area contributed by atoms with E-state index >= 15 is 0 Å². The van der Waals surface area contributed by atoms with Crippen molar-refractivity contribution in [1.82, 2.24) is 59.3 Å². The van der Waals surface area contributed by atoms with E-state index in [0.29, 0.717) is 53.3 Å². The minimum absolute atomic E-state index is 0. The molecule has 8 heterocycles. The van der Waals surface area contributed by atoms with E-state index in [9.17, 15) is 51.5 Å². The molecule has 4 atom stereocenters. The topological polar surface area (TPSA) is 326 Å². The summed E-state index contributed by atoms with van der Waals surface area (Å²) in [6, 6.07) is 18.2. The molecule has 0 saturated carbocycles. The molecule has 0 aliphatic carbocycles. The van der Waals surface area contributed by atoms with Gasteiger partial charge in [0, 0.05) is 73.4 Å². The molecule has 85 heavy (non-hydrogen) atoms. The van der Waals surface area contributed by atoms with E-state index < -0.39 is 67.1 Å². The average molecular weight is 1300 g/mol. The molecule has 0 bridgehead atoms. The number of aromatic nitrogens is 10. The Labute approximate surface area is 500 Å². The molecule has 10 rings (SSSR count). The van der Waals surface area contributed by atoms with Crippen LogP contribution < -0.4 is 16.4 Å². The molecule has 2 aliphatic rings. The molecule has 29 heteroatoms. The minimum atomic E-state index is -1.38. The Kier molecular flexibility index (Phi) is 20.3. The number of anilines is 2. The number of ketones is 2. The molecule has 2 saturated heterocycles. The van der Waals surface area contributed by atoms with Gasteiger partial charge in [0.15, 0.2) is 11.6 Å². The number of fused-ring (bicyclic) bond motifs is 2. The van der Waals surface area contributed by atoms with Crippen LogP contribution in [0.25, 0.3) is 44.1 Å². The Balaban J connectivity index is 0.000000233. The number of hydrogen-bond acceptors (Lipinski definition) is 16. The van der Waals surface area contributed by atoms with Crippen LogP contribution in [0.3, 0.4) is 0 Å². The fourth-order valence-electron chi connectivity index (χ4n) is 9.39. The number of nitrogens with zero attached hydrogens (tertiary/aromatic N) is 12. The maximum Gasteiger partial charge on any atom is 0.311 e. The monoisotopic (exact) mass is 1300 g/mol. The molecule has 0 radical (unpaired) electrons. The normalized spacial score (nSPS) is 16.2. The van der Waals surface area contributed by atoms with Gasteiger partial charge in [0.1, 0.15) is 87.8 Å². The number of nitrogens with two attached hydrogens (primary N) is 1. The second kappa shape index (κ2) is 27.9. The number of hydrogen-bond donors (Lipinski definition) is 4. The van der Waals surface area contributed by atoms with E-state index in [1.807, 2.05) is 0 Å². The van der Waals surface area contributed by atoms with Crippen molar-refractivity contribution in [3.8, 4) is 22.3 Å². The Bertz CT molecular complexity index is 3630. The van der Waals surface area contributed by atoms with Gasteiger partial charge in [-0.25, -0.2) is 38.7 Å². The van der Waals surface area contributed by atoms with Gasteiger partial charge >= 0.3 is 5.97 Å². The first-order valence-corrected chi connectivity index (χ1v) is 26.9. The molecule has 2 aliphatic heterocycles. The van der Waals surface area contributed by atoms with Gasteiger partial charge < -0.3 is 31.3 Å². The van der Waals surface area contributed by atoms with E-state index in [2.05, 4.69) is 82.6 Å². The van der Waals surface area contributed by atoms with Crippen molar-refractivity contribution in [2.75, 3.05) is 30.9 Å². The van der Waals surface area contributed by atoms with Crippen LogP contribution in [-0.2, 0) is 54.7 Å². The van der Waals surface area contributed by atoms with E-state index in [4.69, 9.17) is 12.2 Å². The summed E-state index contributed by atoms with van der Waals surface area (Å²) in [4.78, 5) is 127. The van der Waals surface area contributed by atoms with Gasteiger partial charge in [-0.3, -0.25) is 52.1 Å². The number of aliphatic carboxylic acids is 1. The largest absolute Gasteiger partial charge is 0.481 e. The highest BCUT2D eigenvalue weighted by Crippen LogP contribution is 2.31. The lowest BCUT2D eigenvalue weighted by atomic mass is 10.0. The molecule has 5 amide bonds. The Morgan fingerprint density at radius 3 is 1.38 bits per heavy atom. The number of primary amides is 1. The summed E-state index contributed by atoms with van der Waals surface area (Å²) in [5.74, 6) is -3.39. The average Bonchev–Trinajstić information content (AvgIpc) is 1.73. The number of likely N-dealkylation sites (tertiary alicyclic amines) is 2. The predicted octanol–water partition coefficient (Wildman–Crippen LogP) is 6.74. The van der Waals surface area contributed by atoms with E-state index in [1.54, 1.807) is 85.2 Å². The molecule has 5 N–H and O–H groups in total. The zero-order valence-corrected chi connectivity index (χ0v) is 47.6. The lowest BCUT2D eigenvalue weighted by Crippen LogP contribution is -2.44. The van der Waals surface area contributed by atoms with Crippen molar-refractivity contribution in [1.29, 1.82) is 0 Å². The smallest absolute Gasteiger partial charge is 0.311 e. The van der Waals surface area contributed by atoms with Crippen molar-refractivity contribution >= 4 is 112 Å². The third-order valence-electron chi connectivity index (χ3n) is 13.1. The van der Waals surface area contributed by atoms with Gasteiger partial charge in [0.2, 0.25) is 29.5 Å². The van der Waals surface area contributed by atoms with Crippen LogP contribution in [0.1, 0.15) is 68.1 Å². The standard InChI is InChI=1S/C27H24BrFN8O4.C27H23BrFN7O5.CH3F.CH4/c1-14(38)26-18-7-15(16-10-31-24(32-11-16)9-22(30)39)5-6-19(18)37(35-26)13-25(40)36-12-17(29)8-20(36)27(41)34-23-4-2-3-21(28)33-23;1-14(37)26-18-7-15(16-10-30-23(31-11-16)9-25(39)40)5-6-19(18)36(34-26)13-24(38)35-12-17(29)8-20(35)27(41)33-22-4-2-3-21(28)32-22;1-2;/h2-7,10-11,17,20H,8-9,12-13H2,1H3,(H2,30,39)(H,33,34,41);2-7,10-11,17,20H,8-9,12-13H2,1H3,(H,39,40)(H,32,33,41);1H3;1H4/t2*17-,20+;;/m11../s1/i;;1D;. The zero-order chi connectivity index (χ0) is 61.2. The van der Waals surface area contributed by atoms with Gasteiger partial charge in [-0.2, -0.15) is 10.2 Å². The highest BCUT2D eigenvalue weighted by Gasteiger charge is 2.42. The van der Waals surface area contributed by atoms with Crippen LogP contribution in [0.15, 0.2) is 107 Å². The van der Waals surface area contributed by atoms with Crippen molar-refractivity contribution in [2.45, 2.75) is 84.5 Å². The fourth-order valence-corrected chi connectivity index (χ4v) is 10.1. The molecular formula is C56H54Br2F3N15O9. The van der Waals surface area contributed by atoms with Crippen molar-refractivity contribution in [3.05, 3.63) is 130 Å². The number of carboxylic acid groups (broad SMARTS) is 1. The van der Waals surface area contributed by atoms with Gasteiger partial charge in [-0.15, -0.1) is 0 Å². The molecule has 2 fully saturated rings. The number of amides is 5. The highest BCUT2D eigenvalue weighted by atomic mass is 79.9. The summed E-state index contributed by atoms with van der Waals surface area (Å²) >= 11 is 6.47. The van der Waals surface area contributed by atoms with Gasteiger partial charge in [0.05, 0.1) is 39.1 Å². The van der Waals surface area contributed by atoms with Crippen molar-refractivity contribution in [2.24, 2.45) is 5.73 Å². The second-order valence-corrected chi connectivity index (χ2v) is 20.7. The zero-order valence-electron chi connectivity index (χ0n) is 45.5. The first-order chi connectivity index (χ1) is 40.6. The van der Waals surface area contributed by atoms with Crippen LogP contribution in [0.2, 0.25) is 0 Å². The predicted molar refractivity (Wildman–Crippen MR) is 311 cm³/mol. The summed E-state index contributed by atoms with van der Waals surface area (Å²) in [6.07, 6.45) is 2.63. The van der Waals surface area contributed by atoms with Crippen LogP contribution in [0.5, 0.6) is 0 Å². The summed E-state index contributed by atoms with van der Waals surface area (Å²) in [7, 11) is -1.00. The third-order valence-corrected chi connectivity index (χ3v) is 14.0. The molecule has 442 valence electrons. The quantitative estimate of drug-likeness (QED) is 0.0575. The number of nitrogens with one attached hydrogen (secondary N) is 2. The number of carbonyl (C=O) groups excluding carboxylic acids is 7. The second-order valence-electron chi connectivity index (χ2n) is 19.0. The maximum absolute atomic E-state index is 14.4. The van der Waals surface area contributed by atoms with Gasteiger partial charge in [0.25, 0.3) is 0 Å². The molecule has 6 aromatic heterocycles. The van der Waals surface area contributed by atoms with Crippen LogP contribution in [0.4, 0.5) is 24.8 Å². The lowest BCUT2D eigenvalue weighted by Gasteiger charge is -2.23. The van der Waals surface area contributed by atoms with Crippen LogP contribution >= 0.6 is 31.9 Å². The molecule has 24 nitrogen and oxygen atoms in total. The fraction of sp³-hybridized carbons (Fsp3) is 0.286. The van der Waals surface area contributed by atoms with Gasteiger partial charge in [-0.05, 0) is 91.5 Å². The highest BCUT2D eigenvalue weighted by molar-refractivity contribution is 9.10. The molecule has 8 aromatic rings. The number of pyridine rings is 2. The first kappa shape index (κ1) is 61.8. The van der Waals surface area contributed by atoms with Gasteiger partial charge in [-0.1, -0.05) is 31.7 Å². The summed E-state index contributed by atoms with van der Waals surface area (Å²) in [6.45, 7) is 1.62. The van der Waals surface area contributed by atoms with Crippen LogP contribution in [0, 0.1) is 0 Å². The number of carbonyl (C=O) groups is 8. The Hall–Kier alpha value is -9.25. The Morgan fingerprint density at radius 2 is 1.02 bits per heavy atom. The maximum atomic E-state index is 14.4. The van der Waals surface area contributed by atoms with E-state index in [-0.39, 0.29) is 106 Å². The number of rotatable bonds is 16. The minimum Gasteiger partial charge on any atom is -0.481 e. The van der Waals surface area contributed by atoms with Crippen molar-refractivity contribution < 1.29 is 58.0 Å².